The summed E-state index contributed by atoms with van der Waals surface area (Å²) in [4.78, 5) is 0. The maximum absolute atomic E-state index is 13.0. The van der Waals surface area contributed by atoms with Crippen molar-refractivity contribution in [3.8, 4) is 0 Å². The van der Waals surface area contributed by atoms with Gasteiger partial charge in [-0.3, -0.25) is 0 Å². The Morgan fingerprint density at radius 3 is 2.82 bits per heavy atom. The molecule has 2 nitrogen and oxygen atoms in total. The van der Waals surface area contributed by atoms with Crippen LogP contribution in [0.1, 0.15) is 12.0 Å². The molecule has 0 aromatic heterocycles. The Bertz CT molecular complexity index is 501. The van der Waals surface area contributed by atoms with E-state index in [1.165, 1.54) is 12.1 Å². The lowest BCUT2D eigenvalue weighted by Crippen LogP contribution is -2.18. The van der Waals surface area contributed by atoms with Crippen molar-refractivity contribution in [1.29, 1.82) is 0 Å². The second-order valence-corrected chi connectivity index (χ2v) is 7.30. The van der Waals surface area contributed by atoms with E-state index in [9.17, 15) is 12.8 Å². The Morgan fingerprint density at radius 1 is 1.47 bits per heavy atom. The minimum atomic E-state index is -2.90. The van der Waals surface area contributed by atoms with Gasteiger partial charge in [-0.2, -0.15) is 0 Å². The fourth-order valence-corrected chi connectivity index (χ4v) is 4.54. The Hall–Kier alpha value is -0.610. The van der Waals surface area contributed by atoms with Gasteiger partial charge in [0, 0.05) is 5.38 Å². The number of halogens is 2. The van der Waals surface area contributed by atoms with E-state index in [0.717, 1.165) is 5.56 Å². The molecule has 0 aliphatic carbocycles. The van der Waals surface area contributed by atoms with Crippen LogP contribution in [0.4, 0.5) is 4.39 Å². The zero-order valence-electron chi connectivity index (χ0n) is 9.27. The molecule has 17 heavy (non-hydrogen) atoms. The van der Waals surface area contributed by atoms with Crippen LogP contribution in [0.3, 0.4) is 0 Å². The van der Waals surface area contributed by atoms with Gasteiger partial charge < -0.3 is 0 Å². The maximum Gasteiger partial charge on any atom is 0.150 e. The van der Waals surface area contributed by atoms with Gasteiger partial charge in [-0.05, 0) is 36.5 Å². The molecule has 1 saturated heterocycles. The molecule has 94 valence electrons. The lowest BCUT2D eigenvalue weighted by atomic mass is 9.98. The monoisotopic (exact) mass is 276 g/mol. The zero-order valence-corrected chi connectivity index (χ0v) is 10.8. The first kappa shape index (κ1) is 12.8. The highest BCUT2D eigenvalue weighted by Gasteiger charge is 2.32. The van der Waals surface area contributed by atoms with Crippen LogP contribution in [0.2, 0.25) is 0 Å². The Labute approximate surface area is 106 Å². The molecule has 1 aliphatic heterocycles. The summed E-state index contributed by atoms with van der Waals surface area (Å²) in [6.45, 7) is 0. The second-order valence-electron chi connectivity index (χ2n) is 4.51. The van der Waals surface area contributed by atoms with Gasteiger partial charge in [0.15, 0.2) is 9.84 Å². The van der Waals surface area contributed by atoms with E-state index in [-0.39, 0.29) is 28.6 Å². The van der Waals surface area contributed by atoms with Crippen molar-refractivity contribution in [2.45, 2.75) is 18.2 Å². The van der Waals surface area contributed by atoms with Crippen LogP contribution >= 0.6 is 11.6 Å². The zero-order chi connectivity index (χ0) is 12.5. The third kappa shape index (κ3) is 3.42. The number of hydrogen-bond acceptors (Lipinski definition) is 2. The molecule has 1 aromatic carbocycles. The summed E-state index contributed by atoms with van der Waals surface area (Å²) in [7, 11) is -2.90. The molecule has 1 aromatic rings. The first-order valence-electron chi connectivity index (χ1n) is 5.55. The summed E-state index contributed by atoms with van der Waals surface area (Å²) >= 11 is 6.21. The van der Waals surface area contributed by atoms with Gasteiger partial charge in [-0.25, -0.2) is 12.8 Å². The van der Waals surface area contributed by atoms with Crippen molar-refractivity contribution in [2.75, 3.05) is 11.5 Å². The van der Waals surface area contributed by atoms with Crippen molar-refractivity contribution in [2.24, 2.45) is 5.92 Å². The van der Waals surface area contributed by atoms with Gasteiger partial charge >= 0.3 is 0 Å². The molecular formula is C12H14ClFO2S. The van der Waals surface area contributed by atoms with E-state index in [1.807, 2.05) is 6.07 Å². The van der Waals surface area contributed by atoms with Gasteiger partial charge in [0.05, 0.1) is 11.5 Å². The van der Waals surface area contributed by atoms with E-state index in [1.54, 1.807) is 6.07 Å². The lowest BCUT2D eigenvalue weighted by Gasteiger charge is -2.15. The summed E-state index contributed by atoms with van der Waals surface area (Å²) in [5.41, 5.74) is 0.814. The average molecular weight is 277 g/mol. The molecule has 5 heteroatoms. The number of benzene rings is 1. The van der Waals surface area contributed by atoms with E-state index >= 15 is 0 Å². The Morgan fingerprint density at radius 2 is 2.24 bits per heavy atom. The smallest absolute Gasteiger partial charge is 0.150 e. The third-order valence-corrected chi connectivity index (χ3v) is 5.40. The first-order chi connectivity index (χ1) is 7.96. The summed E-state index contributed by atoms with van der Waals surface area (Å²) in [5.74, 6) is 0.0934. The summed E-state index contributed by atoms with van der Waals surface area (Å²) in [6.07, 6.45) is 1.13. The summed E-state index contributed by atoms with van der Waals surface area (Å²) in [6, 6.07) is 6.27. The van der Waals surface area contributed by atoms with E-state index < -0.39 is 9.84 Å². The number of rotatable bonds is 3. The number of hydrogen-bond donors (Lipinski definition) is 0. The SMILES string of the molecule is O=S1(=O)CCC(C(Cl)Cc2cccc(F)c2)C1. The minimum Gasteiger partial charge on any atom is -0.229 e. The van der Waals surface area contributed by atoms with Crippen LogP contribution in [0.25, 0.3) is 0 Å². The molecule has 0 bridgehead atoms. The molecule has 0 radical (unpaired) electrons. The van der Waals surface area contributed by atoms with Gasteiger partial charge in [0.1, 0.15) is 5.82 Å². The standard InChI is InChI=1S/C12H14ClFO2S/c13-12(10-4-5-17(15,16)8-10)7-9-2-1-3-11(14)6-9/h1-3,6,10,12H,4-5,7-8H2. The predicted molar refractivity (Wildman–Crippen MR) is 66.5 cm³/mol. The van der Waals surface area contributed by atoms with Crippen LogP contribution < -0.4 is 0 Å². The van der Waals surface area contributed by atoms with Crippen LogP contribution in [0.5, 0.6) is 0 Å². The third-order valence-electron chi connectivity index (χ3n) is 3.10. The summed E-state index contributed by atoms with van der Waals surface area (Å²) < 4.78 is 35.6. The van der Waals surface area contributed by atoms with Crippen LogP contribution in [-0.4, -0.2) is 25.3 Å². The molecule has 0 N–H and O–H groups in total. The quantitative estimate of drug-likeness (QED) is 0.795. The second kappa shape index (κ2) is 4.94. The van der Waals surface area contributed by atoms with Gasteiger partial charge in [0.25, 0.3) is 0 Å². The van der Waals surface area contributed by atoms with Gasteiger partial charge in [0.2, 0.25) is 0 Å². The Balaban J connectivity index is 2.00. The van der Waals surface area contributed by atoms with Gasteiger partial charge in [-0.15, -0.1) is 11.6 Å². The van der Waals surface area contributed by atoms with Crippen LogP contribution in [-0.2, 0) is 16.3 Å². The van der Waals surface area contributed by atoms with E-state index in [0.29, 0.717) is 12.8 Å². The van der Waals surface area contributed by atoms with Crippen molar-refractivity contribution in [3.05, 3.63) is 35.6 Å². The van der Waals surface area contributed by atoms with Crippen molar-refractivity contribution >= 4 is 21.4 Å². The topological polar surface area (TPSA) is 34.1 Å². The van der Waals surface area contributed by atoms with Crippen LogP contribution in [0.15, 0.2) is 24.3 Å². The number of alkyl halides is 1. The largest absolute Gasteiger partial charge is 0.229 e. The molecule has 2 unspecified atom stereocenters. The molecule has 2 atom stereocenters. The molecule has 0 spiro atoms. The highest BCUT2D eigenvalue weighted by Crippen LogP contribution is 2.27. The fourth-order valence-electron chi connectivity index (χ4n) is 2.16. The van der Waals surface area contributed by atoms with E-state index in [4.69, 9.17) is 11.6 Å². The molecule has 1 aliphatic rings. The van der Waals surface area contributed by atoms with Crippen LogP contribution in [0, 0.1) is 11.7 Å². The maximum atomic E-state index is 13.0. The molecule has 2 rings (SSSR count). The van der Waals surface area contributed by atoms with E-state index in [2.05, 4.69) is 0 Å². The number of sulfone groups is 1. The average Bonchev–Trinajstić information content (AvgIpc) is 2.59. The molecule has 0 saturated carbocycles. The minimum absolute atomic E-state index is 0.00932. The fraction of sp³-hybridized carbons (Fsp3) is 0.500. The lowest BCUT2D eigenvalue weighted by molar-refractivity contribution is 0.548. The normalized spacial score (nSPS) is 24.7. The highest BCUT2D eigenvalue weighted by atomic mass is 35.5. The van der Waals surface area contributed by atoms with Crippen molar-refractivity contribution in [1.82, 2.24) is 0 Å². The molecule has 1 heterocycles. The van der Waals surface area contributed by atoms with Crippen molar-refractivity contribution < 1.29 is 12.8 Å². The first-order valence-corrected chi connectivity index (χ1v) is 7.81. The summed E-state index contributed by atoms with van der Waals surface area (Å²) in [5, 5.41) is -0.242. The highest BCUT2D eigenvalue weighted by molar-refractivity contribution is 7.91. The van der Waals surface area contributed by atoms with Crippen molar-refractivity contribution in [3.63, 3.8) is 0 Å². The predicted octanol–water partition coefficient (Wildman–Crippen LogP) is 2.41. The van der Waals surface area contributed by atoms with Gasteiger partial charge in [-0.1, -0.05) is 12.1 Å². The molecule has 0 amide bonds. The Kier molecular flexibility index (Phi) is 3.73. The molecular weight excluding hydrogens is 263 g/mol. The molecule has 1 fully saturated rings.